The lowest BCUT2D eigenvalue weighted by atomic mass is 9.78. The highest BCUT2D eigenvalue weighted by Crippen LogP contribution is 2.33. The van der Waals surface area contributed by atoms with Crippen molar-refractivity contribution in [1.82, 2.24) is 0 Å². The number of unbranched alkanes of at least 4 members (excludes halogenated alkanes) is 4. The highest BCUT2D eigenvalue weighted by Gasteiger charge is 2.33. The van der Waals surface area contributed by atoms with Crippen LogP contribution in [0.4, 0.5) is 0 Å². The van der Waals surface area contributed by atoms with Crippen molar-refractivity contribution in [2.45, 2.75) is 71.6 Å². The zero-order valence-corrected chi connectivity index (χ0v) is 11.6. The average molecular weight is 258 g/mol. The van der Waals surface area contributed by atoms with Crippen LogP contribution in [0.5, 0.6) is 0 Å². The van der Waals surface area contributed by atoms with E-state index in [0.29, 0.717) is 12.8 Å². The molecule has 4 heteroatoms. The third-order valence-corrected chi connectivity index (χ3v) is 3.85. The monoisotopic (exact) mass is 258 g/mol. The van der Waals surface area contributed by atoms with Crippen molar-refractivity contribution >= 4 is 11.9 Å². The van der Waals surface area contributed by atoms with E-state index < -0.39 is 17.4 Å². The van der Waals surface area contributed by atoms with Gasteiger partial charge in [0.25, 0.3) is 0 Å². The number of rotatable bonds is 11. The summed E-state index contributed by atoms with van der Waals surface area (Å²) in [5, 5.41) is 17.7. The summed E-state index contributed by atoms with van der Waals surface area (Å²) in [5.41, 5.74) is -0.554. The van der Waals surface area contributed by atoms with Crippen molar-refractivity contribution in [3.63, 3.8) is 0 Å². The molecule has 2 N–H and O–H groups in total. The summed E-state index contributed by atoms with van der Waals surface area (Å²) in [4.78, 5) is 21.6. The van der Waals surface area contributed by atoms with Gasteiger partial charge in [0, 0.05) is 6.42 Å². The molecule has 0 aliphatic carbocycles. The Morgan fingerprint density at radius 3 is 1.83 bits per heavy atom. The van der Waals surface area contributed by atoms with Crippen LogP contribution in [0, 0.1) is 5.41 Å². The smallest absolute Gasteiger partial charge is 0.309 e. The first-order valence-corrected chi connectivity index (χ1v) is 6.93. The first-order valence-electron chi connectivity index (χ1n) is 6.93. The van der Waals surface area contributed by atoms with Crippen LogP contribution in [0.1, 0.15) is 71.6 Å². The molecular formula is C14H26O4. The van der Waals surface area contributed by atoms with E-state index in [9.17, 15) is 14.7 Å². The molecule has 0 aromatic heterocycles. The summed E-state index contributed by atoms with van der Waals surface area (Å²) in [7, 11) is 0. The van der Waals surface area contributed by atoms with Crippen LogP contribution in [-0.2, 0) is 9.59 Å². The van der Waals surface area contributed by atoms with Crippen molar-refractivity contribution in [1.29, 1.82) is 0 Å². The molecule has 0 rings (SSSR count). The molecule has 0 aliphatic rings. The van der Waals surface area contributed by atoms with Gasteiger partial charge in [-0.1, -0.05) is 39.5 Å². The maximum absolute atomic E-state index is 11.3. The molecule has 0 saturated carbocycles. The lowest BCUT2D eigenvalue weighted by molar-refractivity contribution is -0.150. The molecule has 0 aliphatic heterocycles. The number of carboxylic acids is 2. The zero-order valence-electron chi connectivity index (χ0n) is 11.6. The quantitative estimate of drug-likeness (QED) is 0.554. The van der Waals surface area contributed by atoms with Crippen LogP contribution < -0.4 is 0 Å². The number of aliphatic carboxylic acids is 2. The normalized spacial score (nSPS) is 11.4. The largest absolute Gasteiger partial charge is 0.481 e. The van der Waals surface area contributed by atoms with Gasteiger partial charge in [-0.2, -0.15) is 0 Å². The van der Waals surface area contributed by atoms with Gasteiger partial charge < -0.3 is 10.2 Å². The van der Waals surface area contributed by atoms with E-state index in [1.807, 2.05) is 13.8 Å². The number of hydrogen-bond donors (Lipinski definition) is 2. The first kappa shape index (κ1) is 16.9. The Hall–Kier alpha value is -1.06. The first-order chi connectivity index (χ1) is 8.48. The van der Waals surface area contributed by atoms with E-state index >= 15 is 0 Å². The standard InChI is InChI=1S/C14H26O4/c1-3-14(4-2,13(17)18)11-9-7-5-6-8-10-12(15)16/h3-11H2,1-2H3,(H,15,16)(H,17,18). The fourth-order valence-electron chi connectivity index (χ4n) is 2.28. The second-order valence-electron chi connectivity index (χ2n) is 4.95. The Kier molecular flexibility index (Phi) is 8.42. The van der Waals surface area contributed by atoms with Crippen LogP contribution in [0.15, 0.2) is 0 Å². The molecule has 106 valence electrons. The molecule has 0 atom stereocenters. The molecule has 0 heterocycles. The molecule has 0 saturated heterocycles. The highest BCUT2D eigenvalue weighted by atomic mass is 16.4. The molecule has 0 spiro atoms. The summed E-state index contributed by atoms with van der Waals surface area (Å²) in [6.45, 7) is 3.87. The van der Waals surface area contributed by atoms with Crippen LogP contribution in [0.2, 0.25) is 0 Å². The minimum Gasteiger partial charge on any atom is -0.481 e. The lowest BCUT2D eigenvalue weighted by Gasteiger charge is -2.26. The molecule has 4 nitrogen and oxygen atoms in total. The Morgan fingerprint density at radius 2 is 1.39 bits per heavy atom. The molecule has 0 radical (unpaired) electrons. The topological polar surface area (TPSA) is 74.6 Å². The summed E-state index contributed by atoms with van der Waals surface area (Å²) < 4.78 is 0. The van der Waals surface area contributed by atoms with E-state index in [-0.39, 0.29) is 6.42 Å². The summed E-state index contributed by atoms with van der Waals surface area (Å²) in [5.74, 6) is -1.42. The molecule has 18 heavy (non-hydrogen) atoms. The van der Waals surface area contributed by atoms with Crippen molar-refractivity contribution in [2.24, 2.45) is 5.41 Å². The van der Waals surface area contributed by atoms with Gasteiger partial charge in [-0.25, -0.2) is 0 Å². The van der Waals surface area contributed by atoms with E-state index in [1.165, 1.54) is 0 Å². The summed E-state index contributed by atoms with van der Waals surface area (Å²) >= 11 is 0. The summed E-state index contributed by atoms with van der Waals surface area (Å²) in [6.07, 6.45) is 6.88. The maximum Gasteiger partial charge on any atom is 0.309 e. The number of hydrogen-bond acceptors (Lipinski definition) is 2. The molecule has 0 unspecified atom stereocenters. The number of carboxylic acid groups (broad SMARTS) is 2. The molecule has 0 bridgehead atoms. The van der Waals surface area contributed by atoms with Gasteiger partial charge in [0.2, 0.25) is 0 Å². The van der Waals surface area contributed by atoms with Gasteiger partial charge in [-0.05, 0) is 25.7 Å². The minimum atomic E-state index is -0.739. The van der Waals surface area contributed by atoms with Crippen molar-refractivity contribution < 1.29 is 19.8 Å². The second kappa shape index (κ2) is 8.95. The Bertz CT molecular complexity index is 257. The molecule has 0 amide bonds. The molecule has 0 aromatic rings. The van der Waals surface area contributed by atoms with Gasteiger partial charge in [0.05, 0.1) is 5.41 Å². The Morgan fingerprint density at radius 1 is 0.889 bits per heavy atom. The van der Waals surface area contributed by atoms with Gasteiger partial charge in [0.15, 0.2) is 0 Å². The SMILES string of the molecule is CCC(CC)(CCCCCCCC(=O)O)C(=O)O. The molecular weight excluding hydrogens is 232 g/mol. The van der Waals surface area contributed by atoms with Gasteiger partial charge >= 0.3 is 11.9 Å². The molecule has 0 aromatic carbocycles. The van der Waals surface area contributed by atoms with E-state index in [4.69, 9.17) is 5.11 Å². The lowest BCUT2D eigenvalue weighted by Crippen LogP contribution is -2.29. The van der Waals surface area contributed by atoms with E-state index in [1.54, 1.807) is 0 Å². The average Bonchev–Trinajstić information content (AvgIpc) is 2.32. The fourth-order valence-corrected chi connectivity index (χ4v) is 2.28. The van der Waals surface area contributed by atoms with Crippen molar-refractivity contribution in [2.75, 3.05) is 0 Å². The van der Waals surface area contributed by atoms with E-state index in [0.717, 1.165) is 38.5 Å². The van der Waals surface area contributed by atoms with Crippen molar-refractivity contribution in [3.05, 3.63) is 0 Å². The van der Waals surface area contributed by atoms with Gasteiger partial charge in [-0.3, -0.25) is 9.59 Å². The number of carbonyl (C=O) groups is 2. The fraction of sp³-hybridized carbons (Fsp3) is 0.857. The van der Waals surface area contributed by atoms with Gasteiger partial charge in [-0.15, -0.1) is 0 Å². The van der Waals surface area contributed by atoms with Crippen LogP contribution >= 0.6 is 0 Å². The predicted octanol–water partition coefficient (Wildman–Crippen LogP) is 3.69. The zero-order chi connectivity index (χ0) is 14.0. The van der Waals surface area contributed by atoms with E-state index in [2.05, 4.69) is 0 Å². The summed E-state index contributed by atoms with van der Waals surface area (Å²) in [6, 6.07) is 0. The minimum absolute atomic E-state index is 0.239. The Labute approximate surface area is 109 Å². The second-order valence-corrected chi connectivity index (χ2v) is 4.95. The van der Waals surface area contributed by atoms with Crippen LogP contribution in [0.3, 0.4) is 0 Å². The third kappa shape index (κ3) is 6.03. The van der Waals surface area contributed by atoms with Crippen molar-refractivity contribution in [3.8, 4) is 0 Å². The third-order valence-electron chi connectivity index (χ3n) is 3.85. The maximum atomic E-state index is 11.3. The molecule has 0 fully saturated rings. The van der Waals surface area contributed by atoms with Gasteiger partial charge in [0.1, 0.15) is 0 Å². The Balaban J connectivity index is 3.75. The van der Waals surface area contributed by atoms with Crippen LogP contribution in [-0.4, -0.2) is 22.2 Å². The highest BCUT2D eigenvalue weighted by molar-refractivity contribution is 5.74. The predicted molar refractivity (Wildman–Crippen MR) is 70.6 cm³/mol. The van der Waals surface area contributed by atoms with Crippen LogP contribution in [0.25, 0.3) is 0 Å².